The molecule has 1 aliphatic carbocycles. The van der Waals surface area contributed by atoms with Gasteiger partial charge in [0, 0.05) is 24.3 Å². The zero-order valence-electron chi connectivity index (χ0n) is 15.9. The van der Waals surface area contributed by atoms with Crippen LogP contribution in [-0.4, -0.2) is 22.8 Å². The number of rotatable bonds is 3. The average Bonchev–Trinajstić information content (AvgIpc) is 3.03. The first-order valence-electron chi connectivity index (χ1n) is 9.06. The predicted molar refractivity (Wildman–Crippen MR) is 126 cm³/mol. The molecule has 3 aromatic rings. The van der Waals surface area contributed by atoms with E-state index in [0.717, 1.165) is 40.3 Å². The fourth-order valence-corrected chi connectivity index (χ4v) is 4.80. The largest absolute Gasteiger partial charge is 0.354 e. The maximum Gasteiger partial charge on any atom is 0.229 e. The predicted octanol–water partition coefficient (Wildman–Crippen LogP) is 4.45. The van der Waals surface area contributed by atoms with Gasteiger partial charge in [0.2, 0.25) is 11.8 Å². The lowest BCUT2D eigenvalue weighted by molar-refractivity contribution is -0.123. The fourth-order valence-electron chi connectivity index (χ4n) is 3.79. The number of anilines is 1. The molecule has 5 nitrogen and oxygen atoms in total. The average molecular weight is 454 g/mol. The van der Waals surface area contributed by atoms with Crippen LogP contribution >= 0.6 is 38.3 Å². The van der Waals surface area contributed by atoms with Crippen LogP contribution in [0.4, 0.5) is 9.52 Å². The van der Waals surface area contributed by atoms with E-state index in [9.17, 15) is 14.0 Å². The third kappa shape index (κ3) is 5.21. The number of hydrogen-bond donors (Lipinski definition) is 2. The monoisotopic (exact) mass is 453 g/mol. The summed E-state index contributed by atoms with van der Waals surface area (Å²) in [5, 5.41) is 8.14. The minimum absolute atomic E-state index is 0. The van der Waals surface area contributed by atoms with Crippen LogP contribution < -0.4 is 10.6 Å². The van der Waals surface area contributed by atoms with E-state index in [1.165, 1.54) is 30.4 Å². The molecule has 1 heterocycles. The fraction of sp³-hybridized carbons (Fsp3) is 0.350. The van der Waals surface area contributed by atoms with Crippen molar-refractivity contribution in [2.45, 2.75) is 38.6 Å². The molecule has 1 aromatic heterocycles. The van der Waals surface area contributed by atoms with E-state index in [1.807, 2.05) is 12.1 Å². The Morgan fingerprint density at radius 1 is 1.17 bits per heavy atom. The van der Waals surface area contributed by atoms with Crippen LogP contribution in [0.2, 0.25) is 0 Å². The number of carbonyl (C=O) groups is 2. The lowest BCUT2D eigenvalue weighted by atomic mass is 9.85. The van der Waals surface area contributed by atoms with E-state index in [4.69, 9.17) is 0 Å². The highest BCUT2D eigenvalue weighted by Gasteiger charge is 2.28. The van der Waals surface area contributed by atoms with Crippen molar-refractivity contribution in [1.29, 1.82) is 0 Å². The summed E-state index contributed by atoms with van der Waals surface area (Å²) >= 11 is 1.40. The first-order chi connectivity index (χ1) is 13.0. The van der Waals surface area contributed by atoms with Crippen molar-refractivity contribution in [3.8, 4) is 0 Å². The normalized spacial score (nSPS) is 18.6. The Morgan fingerprint density at radius 3 is 2.72 bits per heavy atom. The SMILES string of the molecule is CC(=O)N[C@H]1CCC[C@H](C(=O)Nc2nc3ccc4cc(F)ccc4c3s2)C1.S.S. The maximum atomic E-state index is 13.4. The second kappa shape index (κ2) is 9.77. The Bertz CT molecular complexity index is 1040. The van der Waals surface area contributed by atoms with Gasteiger partial charge in [-0.15, -0.1) is 0 Å². The number of amides is 2. The number of halogens is 1. The van der Waals surface area contributed by atoms with Gasteiger partial charge in [-0.25, -0.2) is 9.37 Å². The second-order valence-electron chi connectivity index (χ2n) is 7.05. The molecule has 0 unspecified atom stereocenters. The van der Waals surface area contributed by atoms with Crippen LogP contribution in [0.5, 0.6) is 0 Å². The number of carbonyl (C=O) groups excluding carboxylic acids is 2. The van der Waals surface area contributed by atoms with E-state index in [1.54, 1.807) is 6.07 Å². The quantitative estimate of drug-likeness (QED) is 0.616. The number of nitrogens with one attached hydrogen (secondary N) is 2. The molecule has 1 aliphatic rings. The van der Waals surface area contributed by atoms with E-state index < -0.39 is 0 Å². The summed E-state index contributed by atoms with van der Waals surface area (Å²) in [5.74, 6) is -0.519. The van der Waals surface area contributed by atoms with Crippen LogP contribution in [-0.2, 0) is 9.59 Å². The topological polar surface area (TPSA) is 71.1 Å². The van der Waals surface area contributed by atoms with Crippen molar-refractivity contribution >= 4 is 76.3 Å². The number of nitrogens with zero attached hydrogens (tertiary/aromatic N) is 1. The molecule has 156 valence electrons. The lowest BCUT2D eigenvalue weighted by Crippen LogP contribution is -2.40. The van der Waals surface area contributed by atoms with Crippen molar-refractivity contribution in [3.05, 3.63) is 36.1 Å². The highest BCUT2D eigenvalue weighted by molar-refractivity contribution is 7.59. The van der Waals surface area contributed by atoms with Gasteiger partial charge in [0.15, 0.2) is 5.13 Å². The maximum absolute atomic E-state index is 13.4. The van der Waals surface area contributed by atoms with Gasteiger partial charge in [0.05, 0.1) is 10.2 Å². The summed E-state index contributed by atoms with van der Waals surface area (Å²) < 4.78 is 14.4. The summed E-state index contributed by atoms with van der Waals surface area (Å²) in [4.78, 5) is 28.5. The number of thiazole rings is 1. The third-order valence-corrected chi connectivity index (χ3v) is 6.03. The van der Waals surface area contributed by atoms with Crippen LogP contribution in [0.25, 0.3) is 21.0 Å². The Labute approximate surface area is 186 Å². The zero-order chi connectivity index (χ0) is 19.0. The molecule has 1 fully saturated rings. The molecule has 0 spiro atoms. The molecule has 29 heavy (non-hydrogen) atoms. The first kappa shape index (κ1) is 23.4. The van der Waals surface area contributed by atoms with Crippen LogP contribution in [0.3, 0.4) is 0 Å². The standard InChI is InChI=1S/C20H20FN3O2S.2H2S/c1-11(25)22-15-4-2-3-13(10-15)19(26)24-20-23-17-8-5-12-9-14(21)6-7-16(12)18(17)27-20;;/h5-9,13,15H,2-4,10H2,1H3,(H,22,25)(H,23,24,26);2*1H2/t13-,15-;;/m0../s1. The van der Waals surface area contributed by atoms with Crippen molar-refractivity contribution in [2.75, 3.05) is 5.32 Å². The highest BCUT2D eigenvalue weighted by atomic mass is 32.1. The van der Waals surface area contributed by atoms with Crippen molar-refractivity contribution < 1.29 is 14.0 Å². The molecule has 2 aromatic carbocycles. The van der Waals surface area contributed by atoms with E-state index >= 15 is 0 Å². The van der Waals surface area contributed by atoms with E-state index in [2.05, 4.69) is 15.6 Å². The van der Waals surface area contributed by atoms with Gasteiger partial charge in [-0.3, -0.25) is 9.59 Å². The van der Waals surface area contributed by atoms with Gasteiger partial charge >= 0.3 is 0 Å². The van der Waals surface area contributed by atoms with Crippen LogP contribution in [0.15, 0.2) is 30.3 Å². The Kier molecular flexibility index (Phi) is 7.90. The van der Waals surface area contributed by atoms with E-state index in [-0.39, 0.29) is 56.6 Å². The second-order valence-corrected chi connectivity index (χ2v) is 8.05. The molecule has 4 rings (SSSR count). The summed E-state index contributed by atoms with van der Waals surface area (Å²) in [7, 11) is 0. The molecule has 0 saturated heterocycles. The molecule has 2 N–H and O–H groups in total. The highest BCUT2D eigenvalue weighted by Crippen LogP contribution is 2.34. The number of benzene rings is 2. The molecule has 0 aliphatic heterocycles. The number of fused-ring (bicyclic) bond motifs is 3. The molecular weight excluding hydrogens is 429 g/mol. The van der Waals surface area contributed by atoms with Gasteiger partial charge in [-0.2, -0.15) is 27.0 Å². The molecule has 1 saturated carbocycles. The molecule has 2 amide bonds. The summed E-state index contributed by atoms with van der Waals surface area (Å²) in [6.07, 6.45) is 3.29. The summed E-state index contributed by atoms with van der Waals surface area (Å²) in [6.45, 7) is 1.50. The third-order valence-electron chi connectivity index (χ3n) is 5.01. The molecular formula is C20H24FN3O2S3. The van der Waals surface area contributed by atoms with Crippen molar-refractivity contribution in [2.24, 2.45) is 5.92 Å². The smallest absolute Gasteiger partial charge is 0.229 e. The lowest BCUT2D eigenvalue weighted by Gasteiger charge is -2.28. The van der Waals surface area contributed by atoms with Gasteiger partial charge < -0.3 is 10.6 Å². The van der Waals surface area contributed by atoms with Crippen molar-refractivity contribution in [1.82, 2.24) is 10.3 Å². The summed E-state index contributed by atoms with van der Waals surface area (Å²) in [6, 6.07) is 8.42. The number of hydrogen-bond acceptors (Lipinski definition) is 4. The van der Waals surface area contributed by atoms with Gasteiger partial charge in [0.25, 0.3) is 0 Å². The van der Waals surface area contributed by atoms with Crippen molar-refractivity contribution in [3.63, 3.8) is 0 Å². The minimum atomic E-state index is -0.272. The van der Waals surface area contributed by atoms with Gasteiger partial charge in [-0.1, -0.05) is 23.8 Å². The number of aromatic nitrogens is 1. The van der Waals surface area contributed by atoms with Gasteiger partial charge in [-0.05, 0) is 48.9 Å². The van der Waals surface area contributed by atoms with Crippen LogP contribution in [0, 0.1) is 11.7 Å². The first-order valence-corrected chi connectivity index (χ1v) is 9.88. The Morgan fingerprint density at radius 2 is 1.97 bits per heavy atom. The molecule has 9 heteroatoms. The van der Waals surface area contributed by atoms with Gasteiger partial charge in [0.1, 0.15) is 5.82 Å². The summed E-state index contributed by atoms with van der Waals surface area (Å²) in [5.41, 5.74) is 0.786. The zero-order valence-corrected chi connectivity index (χ0v) is 18.7. The molecule has 2 atom stereocenters. The molecule has 0 radical (unpaired) electrons. The van der Waals surface area contributed by atoms with Crippen LogP contribution in [0.1, 0.15) is 32.6 Å². The Hall–Kier alpha value is -1.84. The molecule has 0 bridgehead atoms. The van der Waals surface area contributed by atoms with E-state index in [0.29, 0.717) is 11.6 Å². The Balaban J connectivity index is 0.00000150. The minimum Gasteiger partial charge on any atom is -0.354 e.